The second-order valence-electron chi connectivity index (χ2n) is 5.76. The van der Waals surface area contributed by atoms with E-state index in [9.17, 15) is 20.0 Å². The second-order valence-corrected chi connectivity index (χ2v) is 5.76. The van der Waals surface area contributed by atoms with Crippen molar-refractivity contribution in [2.75, 3.05) is 5.32 Å². The van der Waals surface area contributed by atoms with E-state index in [-0.39, 0.29) is 17.1 Å². The molecule has 9 heteroatoms. The van der Waals surface area contributed by atoms with E-state index >= 15 is 0 Å². The molecule has 3 aromatic rings. The standard InChI is InChI=1S/C17H16N4O5/c1-10-7-11(2)20(19-10)9-13-4-6-16(26-13)17(23)18-14-5-3-12(21(24)25)8-15(14)22/h3-8,22H,9H2,1-2H3,(H,18,23). The van der Waals surface area contributed by atoms with Crippen LogP contribution >= 0.6 is 0 Å². The van der Waals surface area contributed by atoms with Crippen LogP contribution in [0.5, 0.6) is 5.75 Å². The lowest BCUT2D eigenvalue weighted by atomic mass is 10.2. The van der Waals surface area contributed by atoms with Crippen molar-refractivity contribution < 1.29 is 19.2 Å². The van der Waals surface area contributed by atoms with Crippen LogP contribution in [0, 0.1) is 24.0 Å². The molecule has 0 spiro atoms. The Morgan fingerprint density at radius 1 is 1.31 bits per heavy atom. The molecule has 0 fully saturated rings. The number of aromatic hydroxyl groups is 1. The Balaban J connectivity index is 1.72. The molecule has 9 nitrogen and oxygen atoms in total. The van der Waals surface area contributed by atoms with E-state index < -0.39 is 16.6 Å². The third-order valence-corrected chi connectivity index (χ3v) is 3.73. The number of furan rings is 1. The maximum atomic E-state index is 12.2. The molecule has 0 bridgehead atoms. The number of phenolic OH excluding ortho intramolecular Hbond substituents is 1. The summed E-state index contributed by atoms with van der Waals surface area (Å²) in [4.78, 5) is 22.3. The lowest BCUT2D eigenvalue weighted by Crippen LogP contribution is -2.11. The van der Waals surface area contributed by atoms with Gasteiger partial charge in [-0.1, -0.05) is 0 Å². The lowest BCUT2D eigenvalue weighted by molar-refractivity contribution is -0.384. The van der Waals surface area contributed by atoms with Crippen LogP contribution in [-0.2, 0) is 6.54 Å². The van der Waals surface area contributed by atoms with Crippen molar-refractivity contribution >= 4 is 17.3 Å². The molecular weight excluding hydrogens is 340 g/mol. The number of carbonyl (C=O) groups is 1. The summed E-state index contributed by atoms with van der Waals surface area (Å²) in [6.07, 6.45) is 0. The molecule has 0 aliphatic heterocycles. The lowest BCUT2D eigenvalue weighted by Gasteiger charge is -2.05. The summed E-state index contributed by atoms with van der Waals surface area (Å²) >= 11 is 0. The first-order valence-corrected chi connectivity index (χ1v) is 7.72. The number of phenols is 1. The van der Waals surface area contributed by atoms with Gasteiger partial charge in [0, 0.05) is 11.8 Å². The third-order valence-electron chi connectivity index (χ3n) is 3.73. The molecule has 26 heavy (non-hydrogen) atoms. The number of non-ortho nitro benzene ring substituents is 1. The predicted molar refractivity (Wildman–Crippen MR) is 92.2 cm³/mol. The molecule has 0 saturated heterocycles. The second kappa shape index (κ2) is 6.71. The minimum atomic E-state index is -0.636. The average Bonchev–Trinajstić information content (AvgIpc) is 3.16. The smallest absolute Gasteiger partial charge is 0.291 e. The quantitative estimate of drug-likeness (QED) is 0.411. The molecule has 0 saturated carbocycles. The molecule has 134 valence electrons. The predicted octanol–water partition coefficient (Wildman–Crippen LogP) is 3.01. The van der Waals surface area contributed by atoms with Gasteiger partial charge in [-0.05, 0) is 38.1 Å². The summed E-state index contributed by atoms with van der Waals surface area (Å²) in [5.74, 6) is -0.371. The van der Waals surface area contributed by atoms with E-state index in [4.69, 9.17) is 4.42 Å². The van der Waals surface area contributed by atoms with Crippen molar-refractivity contribution in [3.63, 3.8) is 0 Å². The minimum Gasteiger partial charge on any atom is -0.506 e. The molecule has 2 heterocycles. The molecule has 3 rings (SSSR count). The van der Waals surface area contributed by atoms with Gasteiger partial charge in [0.2, 0.25) is 0 Å². The number of nitro groups is 1. The Kier molecular flexibility index (Phi) is 4.44. The Bertz CT molecular complexity index is 989. The van der Waals surface area contributed by atoms with Gasteiger partial charge in [0.15, 0.2) is 5.76 Å². The summed E-state index contributed by atoms with van der Waals surface area (Å²) < 4.78 is 7.29. The van der Waals surface area contributed by atoms with E-state index in [1.807, 2.05) is 19.9 Å². The van der Waals surface area contributed by atoms with Gasteiger partial charge in [-0.25, -0.2) is 0 Å². The zero-order valence-electron chi connectivity index (χ0n) is 14.1. The Morgan fingerprint density at radius 3 is 2.69 bits per heavy atom. The fourth-order valence-corrected chi connectivity index (χ4v) is 2.49. The zero-order valence-corrected chi connectivity index (χ0v) is 14.1. The molecule has 0 atom stereocenters. The number of nitrogens with one attached hydrogen (secondary N) is 1. The molecule has 0 aliphatic rings. The van der Waals surface area contributed by atoms with Crippen molar-refractivity contribution in [3.05, 3.63) is 69.4 Å². The number of benzene rings is 1. The van der Waals surface area contributed by atoms with Crippen molar-refractivity contribution in [1.29, 1.82) is 0 Å². The van der Waals surface area contributed by atoms with Crippen molar-refractivity contribution in [2.24, 2.45) is 0 Å². The Labute approximate surface area is 148 Å². The highest BCUT2D eigenvalue weighted by Gasteiger charge is 2.16. The maximum absolute atomic E-state index is 12.2. The van der Waals surface area contributed by atoms with Gasteiger partial charge < -0.3 is 14.8 Å². The first-order chi connectivity index (χ1) is 12.3. The number of hydrogen-bond acceptors (Lipinski definition) is 6. The van der Waals surface area contributed by atoms with Gasteiger partial charge in [0.1, 0.15) is 11.5 Å². The number of amides is 1. The molecule has 0 radical (unpaired) electrons. The number of rotatable bonds is 5. The number of nitro benzene ring substituents is 1. The number of hydrogen-bond donors (Lipinski definition) is 2. The van der Waals surface area contributed by atoms with Crippen LogP contribution in [0.25, 0.3) is 0 Å². The van der Waals surface area contributed by atoms with E-state index in [2.05, 4.69) is 10.4 Å². The maximum Gasteiger partial charge on any atom is 0.291 e. The topological polar surface area (TPSA) is 123 Å². The summed E-state index contributed by atoms with van der Waals surface area (Å²) in [6, 6.07) is 8.52. The molecule has 0 aliphatic carbocycles. The summed E-state index contributed by atoms with van der Waals surface area (Å²) in [5.41, 5.74) is 1.64. The van der Waals surface area contributed by atoms with Gasteiger partial charge in [-0.2, -0.15) is 5.10 Å². The molecule has 0 unspecified atom stereocenters. The summed E-state index contributed by atoms with van der Waals surface area (Å²) in [7, 11) is 0. The Hall–Kier alpha value is -3.62. The normalized spacial score (nSPS) is 10.7. The van der Waals surface area contributed by atoms with E-state index in [0.717, 1.165) is 17.5 Å². The first kappa shape index (κ1) is 17.2. The fourth-order valence-electron chi connectivity index (χ4n) is 2.49. The third kappa shape index (κ3) is 3.56. The number of aryl methyl sites for hydroxylation is 2. The highest BCUT2D eigenvalue weighted by atomic mass is 16.6. The number of anilines is 1. The van der Waals surface area contributed by atoms with E-state index in [1.54, 1.807) is 10.7 Å². The van der Waals surface area contributed by atoms with Crippen LogP contribution in [0.2, 0.25) is 0 Å². The molecule has 1 amide bonds. The van der Waals surface area contributed by atoms with Gasteiger partial charge >= 0.3 is 0 Å². The highest BCUT2D eigenvalue weighted by Crippen LogP contribution is 2.28. The summed E-state index contributed by atoms with van der Waals surface area (Å²) in [6.45, 7) is 4.20. The van der Waals surface area contributed by atoms with Crippen molar-refractivity contribution in [2.45, 2.75) is 20.4 Å². The molecule has 1 aromatic carbocycles. The molecular formula is C17H16N4O5. The molecule has 2 N–H and O–H groups in total. The fraction of sp³-hybridized carbons (Fsp3) is 0.176. The SMILES string of the molecule is Cc1cc(C)n(Cc2ccc(C(=O)Nc3ccc([N+](=O)[O-])cc3O)o2)n1. The van der Waals surface area contributed by atoms with Gasteiger partial charge in [-0.15, -0.1) is 0 Å². The van der Waals surface area contributed by atoms with Crippen LogP contribution in [0.3, 0.4) is 0 Å². The van der Waals surface area contributed by atoms with Crippen molar-refractivity contribution in [3.8, 4) is 5.75 Å². The van der Waals surface area contributed by atoms with E-state index in [0.29, 0.717) is 12.3 Å². The highest BCUT2D eigenvalue weighted by molar-refractivity contribution is 6.03. The first-order valence-electron chi connectivity index (χ1n) is 7.72. The van der Waals surface area contributed by atoms with Gasteiger partial charge in [-0.3, -0.25) is 19.6 Å². The summed E-state index contributed by atoms with van der Waals surface area (Å²) in [5, 5.41) is 27.3. The number of carbonyl (C=O) groups excluding carboxylic acids is 1. The number of nitrogens with zero attached hydrogens (tertiary/aromatic N) is 3. The van der Waals surface area contributed by atoms with Gasteiger partial charge in [0.05, 0.1) is 28.9 Å². The zero-order chi connectivity index (χ0) is 18.8. The van der Waals surface area contributed by atoms with Crippen LogP contribution in [0.1, 0.15) is 27.7 Å². The number of aromatic nitrogens is 2. The van der Waals surface area contributed by atoms with Crippen LogP contribution in [-0.4, -0.2) is 25.7 Å². The van der Waals surface area contributed by atoms with Crippen LogP contribution in [0.4, 0.5) is 11.4 Å². The van der Waals surface area contributed by atoms with Gasteiger partial charge in [0.25, 0.3) is 11.6 Å². The van der Waals surface area contributed by atoms with Crippen LogP contribution < -0.4 is 5.32 Å². The van der Waals surface area contributed by atoms with Crippen LogP contribution in [0.15, 0.2) is 40.8 Å². The van der Waals surface area contributed by atoms with E-state index in [1.165, 1.54) is 18.2 Å². The average molecular weight is 356 g/mol. The molecule has 2 aromatic heterocycles. The monoisotopic (exact) mass is 356 g/mol. The van der Waals surface area contributed by atoms with Crippen molar-refractivity contribution in [1.82, 2.24) is 9.78 Å². The minimum absolute atomic E-state index is 0.0529. The Morgan fingerprint density at radius 2 is 2.08 bits per heavy atom. The largest absolute Gasteiger partial charge is 0.506 e.